The zero-order valence-corrected chi connectivity index (χ0v) is 16.8. The first-order valence-corrected chi connectivity index (χ1v) is 8.47. The summed E-state index contributed by atoms with van der Waals surface area (Å²) in [7, 11) is 4.48. The Morgan fingerprint density at radius 3 is 1.92 bits per heavy atom. The van der Waals surface area contributed by atoms with Crippen LogP contribution in [0.25, 0.3) is 0 Å². The number of hydrogen-bond donors (Lipinski definition) is 0. The molecule has 5 nitrogen and oxygen atoms in total. The highest BCUT2D eigenvalue weighted by Crippen LogP contribution is 2.39. The molecule has 0 spiro atoms. The average molecular weight is 460 g/mol. The van der Waals surface area contributed by atoms with Gasteiger partial charge in [-0.25, -0.2) is 4.79 Å². The predicted octanol–water partition coefficient (Wildman–Crippen LogP) is 4.77. The van der Waals surface area contributed by atoms with Gasteiger partial charge in [0.05, 0.1) is 31.4 Å². The van der Waals surface area contributed by atoms with Gasteiger partial charge in [-0.3, -0.25) is 0 Å². The highest BCUT2D eigenvalue weighted by Gasteiger charge is 2.20. The lowest BCUT2D eigenvalue weighted by molar-refractivity contribution is 0.0731. The molecule has 0 aliphatic carbocycles. The second kappa shape index (κ2) is 7.90. The van der Waals surface area contributed by atoms with Crippen LogP contribution < -0.4 is 18.9 Å². The van der Waals surface area contributed by atoms with Crippen LogP contribution in [0.5, 0.6) is 23.0 Å². The molecule has 0 N–H and O–H groups in total. The summed E-state index contributed by atoms with van der Waals surface area (Å²) in [6.07, 6.45) is 0. The average Bonchev–Trinajstić information content (AvgIpc) is 2.56. The molecule has 2 aromatic carbocycles. The quantitative estimate of drug-likeness (QED) is 0.476. The molecule has 0 fully saturated rings. The van der Waals surface area contributed by atoms with Gasteiger partial charge in [0.1, 0.15) is 5.75 Å². The third kappa shape index (κ3) is 3.84. The third-order valence-electron chi connectivity index (χ3n) is 3.29. The number of carbonyl (C=O) groups excluding carboxylic acids is 1. The van der Waals surface area contributed by atoms with Crippen LogP contribution in [0.2, 0.25) is 0 Å². The minimum atomic E-state index is -0.527. The third-order valence-corrected chi connectivity index (χ3v) is 4.34. The van der Waals surface area contributed by atoms with E-state index in [0.29, 0.717) is 33.0 Å². The smallest absolute Gasteiger partial charge is 0.343 e. The highest BCUT2D eigenvalue weighted by molar-refractivity contribution is 9.11. The molecule has 128 valence electrons. The van der Waals surface area contributed by atoms with Crippen molar-refractivity contribution in [3.8, 4) is 23.0 Å². The van der Waals surface area contributed by atoms with Crippen molar-refractivity contribution in [2.24, 2.45) is 0 Å². The monoisotopic (exact) mass is 458 g/mol. The van der Waals surface area contributed by atoms with Gasteiger partial charge in [-0.05, 0) is 52.7 Å². The summed E-state index contributed by atoms with van der Waals surface area (Å²) in [4.78, 5) is 12.5. The van der Waals surface area contributed by atoms with Crippen LogP contribution in [0.15, 0.2) is 33.2 Å². The summed E-state index contributed by atoms with van der Waals surface area (Å²) in [6, 6.07) is 6.77. The van der Waals surface area contributed by atoms with Gasteiger partial charge in [0, 0.05) is 4.47 Å². The van der Waals surface area contributed by atoms with E-state index in [4.69, 9.17) is 18.9 Å². The molecule has 2 rings (SSSR count). The number of rotatable bonds is 5. The first-order valence-electron chi connectivity index (χ1n) is 6.89. The normalized spacial score (nSPS) is 10.2. The summed E-state index contributed by atoms with van der Waals surface area (Å²) < 4.78 is 22.9. The van der Waals surface area contributed by atoms with Crippen LogP contribution in [-0.4, -0.2) is 27.3 Å². The zero-order valence-electron chi connectivity index (χ0n) is 13.6. The first kappa shape index (κ1) is 18.6. The second-order valence-electron chi connectivity index (χ2n) is 4.84. The van der Waals surface area contributed by atoms with E-state index in [1.807, 2.05) is 19.1 Å². The van der Waals surface area contributed by atoms with E-state index < -0.39 is 5.97 Å². The molecule has 0 saturated carbocycles. The van der Waals surface area contributed by atoms with Gasteiger partial charge in [0.2, 0.25) is 5.75 Å². The number of benzene rings is 2. The van der Waals surface area contributed by atoms with Crippen molar-refractivity contribution in [1.82, 2.24) is 0 Å². The van der Waals surface area contributed by atoms with Crippen molar-refractivity contribution in [2.45, 2.75) is 6.92 Å². The molecular formula is C17H16Br2O5. The predicted molar refractivity (Wildman–Crippen MR) is 97.6 cm³/mol. The minimum absolute atomic E-state index is 0.290. The maximum absolute atomic E-state index is 12.5. The van der Waals surface area contributed by atoms with Gasteiger partial charge < -0.3 is 18.9 Å². The van der Waals surface area contributed by atoms with E-state index >= 15 is 0 Å². The molecule has 0 amide bonds. The maximum atomic E-state index is 12.5. The number of methoxy groups -OCH3 is 3. The summed E-state index contributed by atoms with van der Waals surface area (Å²) in [6.45, 7) is 1.85. The van der Waals surface area contributed by atoms with Gasteiger partial charge in [0.15, 0.2) is 11.5 Å². The van der Waals surface area contributed by atoms with Crippen molar-refractivity contribution in [3.05, 3.63) is 44.3 Å². The van der Waals surface area contributed by atoms with E-state index in [0.717, 1.165) is 10.0 Å². The van der Waals surface area contributed by atoms with Crippen LogP contribution in [0.4, 0.5) is 0 Å². The molecule has 0 aliphatic heterocycles. The van der Waals surface area contributed by atoms with E-state index in [9.17, 15) is 4.79 Å². The van der Waals surface area contributed by atoms with Gasteiger partial charge in [-0.15, -0.1) is 0 Å². The molecule has 2 aromatic rings. The molecule has 0 bridgehead atoms. The van der Waals surface area contributed by atoms with Crippen LogP contribution in [-0.2, 0) is 0 Å². The fraction of sp³-hybridized carbons (Fsp3) is 0.235. The molecule has 0 saturated heterocycles. The lowest BCUT2D eigenvalue weighted by atomic mass is 10.1. The van der Waals surface area contributed by atoms with Crippen molar-refractivity contribution >= 4 is 37.8 Å². The van der Waals surface area contributed by atoms with Gasteiger partial charge in [-0.1, -0.05) is 15.9 Å². The Labute approximate surface area is 157 Å². The lowest BCUT2D eigenvalue weighted by Gasteiger charge is -2.14. The van der Waals surface area contributed by atoms with Gasteiger partial charge >= 0.3 is 5.97 Å². The van der Waals surface area contributed by atoms with Crippen molar-refractivity contribution in [2.75, 3.05) is 21.3 Å². The number of halogens is 2. The van der Waals surface area contributed by atoms with E-state index in [1.165, 1.54) is 21.3 Å². The summed E-state index contributed by atoms with van der Waals surface area (Å²) in [5, 5.41) is 0. The van der Waals surface area contributed by atoms with E-state index in [2.05, 4.69) is 31.9 Å². The van der Waals surface area contributed by atoms with Gasteiger partial charge in [0.25, 0.3) is 0 Å². The molecule has 0 heterocycles. The number of carbonyl (C=O) groups is 1. The topological polar surface area (TPSA) is 54.0 Å². The Balaban J connectivity index is 2.40. The van der Waals surface area contributed by atoms with E-state index in [-0.39, 0.29) is 0 Å². The molecule has 0 radical (unpaired) electrons. The van der Waals surface area contributed by atoms with Crippen molar-refractivity contribution in [3.63, 3.8) is 0 Å². The number of ether oxygens (including phenoxy) is 4. The highest BCUT2D eigenvalue weighted by atomic mass is 79.9. The molecule has 0 aliphatic rings. The fourth-order valence-electron chi connectivity index (χ4n) is 2.17. The van der Waals surface area contributed by atoms with Crippen LogP contribution >= 0.6 is 31.9 Å². The Kier molecular flexibility index (Phi) is 6.12. The molecular weight excluding hydrogens is 444 g/mol. The number of hydrogen-bond acceptors (Lipinski definition) is 5. The summed E-state index contributed by atoms with van der Waals surface area (Å²) >= 11 is 6.80. The largest absolute Gasteiger partial charge is 0.493 e. The van der Waals surface area contributed by atoms with E-state index in [1.54, 1.807) is 12.1 Å². The fourth-order valence-corrected chi connectivity index (χ4v) is 3.69. The molecule has 0 aromatic heterocycles. The van der Waals surface area contributed by atoms with Crippen LogP contribution in [0, 0.1) is 6.92 Å². The van der Waals surface area contributed by atoms with Crippen molar-refractivity contribution in [1.29, 1.82) is 0 Å². The van der Waals surface area contributed by atoms with Crippen LogP contribution in [0.3, 0.4) is 0 Å². The Hall–Kier alpha value is -1.73. The lowest BCUT2D eigenvalue weighted by Crippen LogP contribution is -2.11. The minimum Gasteiger partial charge on any atom is -0.493 e. The first-order chi connectivity index (χ1) is 11.4. The Morgan fingerprint density at radius 2 is 1.46 bits per heavy atom. The summed E-state index contributed by atoms with van der Waals surface area (Å²) in [5.41, 5.74) is 1.11. The maximum Gasteiger partial charge on any atom is 0.343 e. The molecule has 7 heteroatoms. The number of esters is 1. The zero-order chi connectivity index (χ0) is 17.9. The molecule has 24 heavy (non-hydrogen) atoms. The summed E-state index contributed by atoms with van der Waals surface area (Å²) in [5.74, 6) is 1.11. The SMILES string of the molecule is COc1cc(C(=O)Oc2c(C)cc(Br)cc2Br)cc(OC)c1OC. The van der Waals surface area contributed by atoms with Gasteiger partial charge in [-0.2, -0.15) is 0 Å². The molecule has 0 atom stereocenters. The second-order valence-corrected chi connectivity index (χ2v) is 6.61. The van der Waals surface area contributed by atoms with Crippen molar-refractivity contribution < 1.29 is 23.7 Å². The Bertz CT molecular complexity index is 726. The van der Waals surface area contributed by atoms with Crippen LogP contribution in [0.1, 0.15) is 15.9 Å². The Morgan fingerprint density at radius 1 is 0.875 bits per heavy atom. The molecule has 0 unspecified atom stereocenters. The number of aryl methyl sites for hydroxylation is 1. The standard InChI is InChI=1S/C17H16Br2O5/c1-9-5-11(18)8-12(19)15(9)24-17(20)10-6-13(21-2)16(23-4)14(7-10)22-3/h5-8H,1-4H3.